The molecule has 0 saturated heterocycles. The average molecular weight is 494 g/mol. The van der Waals surface area contributed by atoms with Crippen molar-refractivity contribution in [2.75, 3.05) is 6.54 Å². The minimum Gasteiger partial charge on any atom is -0.507 e. The third-order valence-corrected chi connectivity index (χ3v) is 7.66. The fourth-order valence-electron chi connectivity index (χ4n) is 4.14. The van der Waals surface area contributed by atoms with E-state index in [9.17, 15) is 9.50 Å². The number of hydrogen-bond acceptors (Lipinski definition) is 7. The molecule has 6 nitrogen and oxygen atoms in total. The van der Waals surface area contributed by atoms with Crippen LogP contribution in [0.1, 0.15) is 24.4 Å². The molecule has 34 heavy (non-hydrogen) atoms. The number of aromatic nitrogens is 4. The van der Waals surface area contributed by atoms with Crippen LogP contribution in [0.4, 0.5) is 4.39 Å². The zero-order valence-electron chi connectivity index (χ0n) is 19.1. The van der Waals surface area contributed by atoms with Crippen LogP contribution in [-0.4, -0.2) is 31.4 Å². The molecular weight excluding hydrogens is 469 g/mol. The smallest absolute Gasteiger partial charge is 0.143 e. The molecule has 0 spiro atoms. The molecule has 5 aromatic rings. The van der Waals surface area contributed by atoms with Crippen LogP contribution in [0.5, 0.6) is 5.75 Å². The monoisotopic (exact) mass is 493 g/mol. The first-order chi connectivity index (χ1) is 16.6. The first-order valence-corrected chi connectivity index (χ1v) is 12.9. The highest BCUT2D eigenvalue weighted by Gasteiger charge is 2.25. The summed E-state index contributed by atoms with van der Waals surface area (Å²) in [7, 11) is 1.88. The molecule has 4 aromatic heterocycles. The van der Waals surface area contributed by atoms with Gasteiger partial charge in [0.2, 0.25) is 0 Å². The van der Waals surface area contributed by atoms with Crippen molar-refractivity contribution in [1.29, 1.82) is 0 Å². The van der Waals surface area contributed by atoms with Crippen molar-refractivity contribution in [1.82, 2.24) is 25.1 Å². The maximum atomic E-state index is 13.8. The first-order valence-electron chi connectivity index (χ1n) is 11.2. The van der Waals surface area contributed by atoms with Crippen LogP contribution in [0.2, 0.25) is 0 Å². The van der Waals surface area contributed by atoms with Crippen molar-refractivity contribution in [2.45, 2.75) is 26.8 Å². The molecule has 5 heterocycles. The lowest BCUT2D eigenvalue weighted by atomic mass is 9.99. The van der Waals surface area contributed by atoms with E-state index >= 15 is 0 Å². The van der Waals surface area contributed by atoms with Gasteiger partial charge in [0, 0.05) is 70.5 Å². The molecular formula is C25H24FN5OS2. The van der Waals surface area contributed by atoms with Gasteiger partial charge in [-0.3, -0.25) is 4.68 Å². The van der Waals surface area contributed by atoms with Gasteiger partial charge in [-0.2, -0.15) is 5.10 Å². The number of hydrogen-bond donors (Lipinski definition) is 2. The Balaban J connectivity index is 0.00000117. The highest BCUT2D eigenvalue weighted by atomic mass is 32.1. The maximum absolute atomic E-state index is 13.8. The number of pyridine rings is 1. The number of thiazole rings is 1. The minimum absolute atomic E-state index is 0.111. The maximum Gasteiger partial charge on any atom is 0.143 e. The van der Waals surface area contributed by atoms with E-state index in [4.69, 9.17) is 9.97 Å². The molecule has 0 radical (unpaired) electrons. The van der Waals surface area contributed by atoms with Crippen molar-refractivity contribution >= 4 is 32.8 Å². The topological polar surface area (TPSA) is 75.9 Å². The summed E-state index contributed by atoms with van der Waals surface area (Å²) in [5.74, 6) is -0.592. The van der Waals surface area contributed by atoms with Crippen molar-refractivity contribution in [3.8, 4) is 38.8 Å². The molecule has 6 rings (SSSR count). The number of phenols is 1. The number of rotatable bonds is 3. The summed E-state index contributed by atoms with van der Waals surface area (Å²) in [5.41, 5.74) is 4.84. The van der Waals surface area contributed by atoms with Crippen LogP contribution < -0.4 is 5.32 Å². The highest BCUT2D eigenvalue weighted by Crippen LogP contribution is 2.46. The van der Waals surface area contributed by atoms with E-state index in [0.717, 1.165) is 63.2 Å². The molecule has 1 aliphatic rings. The molecule has 0 aliphatic carbocycles. The van der Waals surface area contributed by atoms with Gasteiger partial charge in [0.25, 0.3) is 0 Å². The summed E-state index contributed by atoms with van der Waals surface area (Å²) in [6.07, 6.45) is 4.61. The summed E-state index contributed by atoms with van der Waals surface area (Å²) in [5, 5.41) is 22.2. The highest BCUT2D eigenvalue weighted by molar-refractivity contribution is 7.18. The number of halogens is 1. The largest absolute Gasteiger partial charge is 0.507 e. The number of aryl methyl sites for hydroxylation is 1. The number of fused-ring (bicyclic) bond motifs is 2. The molecule has 0 saturated carbocycles. The molecule has 0 fully saturated rings. The molecule has 9 heteroatoms. The van der Waals surface area contributed by atoms with Gasteiger partial charge in [-0.05, 0) is 23.6 Å². The lowest BCUT2D eigenvalue weighted by Crippen LogP contribution is -2.22. The van der Waals surface area contributed by atoms with E-state index in [1.807, 2.05) is 38.5 Å². The second kappa shape index (κ2) is 9.25. The molecule has 1 aromatic carbocycles. The van der Waals surface area contributed by atoms with Crippen molar-refractivity contribution in [3.63, 3.8) is 0 Å². The van der Waals surface area contributed by atoms with Gasteiger partial charge in [-0.25, -0.2) is 14.4 Å². The fourth-order valence-corrected chi connectivity index (χ4v) is 6.17. The summed E-state index contributed by atoms with van der Waals surface area (Å²) in [6.45, 7) is 5.70. The van der Waals surface area contributed by atoms with Crippen LogP contribution in [0.3, 0.4) is 0 Å². The fraction of sp³-hybridized carbons (Fsp3) is 0.240. The van der Waals surface area contributed by atoms with E-state index in [-0.39, 0.29) is 5.75 Å². The summed E-state index contributed by atoms with van der Waals surface area (Å²) in [4.78, 5) is 11.2. The van der Waals surface area contributed by atoms with Gasteiger partial charge in [0.05, 0.1) is 17.6 Å². The van der Waals surface area contributed by atoms with Crippen LogP contribution in [-0.2, 0) is 20.0 Å². The number of aromatic hydroxyl groups is 1. The molecule has 2 N–H and O–H groups in total. The predicted molar refractivity (Wildman–Crippen MR) is 137 cm³/mol. The zero-order valence-corrected chi connectivity index (χ0v) is 20.7. The van der Waals surface area contributed by atoms with Crippen molar-refractivity contribution < 1.29 is 9.50 Å². The van der Waals surface area contributed by atoms with Crippen LogP contribution >= 0.6 is 22.7 Å². The molecule has 1 aliphatic heterocycles. The summed E-state index contributed by atoms with van der Waals surface area (Å²) in [6, 6.07) is 6.15. The standard InChI is InChI=1S/C23H18FN5OS2.C2H6/c1-29-11-12(9-26-29)20-15-5-7-31-22(15)19(14-3-2-13(24)8-17(14)30)21(28-20)23-27-16-4-6-25-10-18(16)32-23;1-2/h2-3,5,7-9,11,25,30H,4,6,10H2,1H3;1-2H3. The average Bonchev–Trinajstić information content (AvgIpc) is 3.59. The van der Waals surface area contributed by atoms with Crippen LogP contribution in [0.15, 0.2) is 42.0 Å². The van der Waals surface area contributed by atoms with E-state index in [2.05, 4.69) is 10.4 Å². The number of nitrogens with one attached hydrogen (secondary N) is 1. The van der Waals surface area contributed by atoms with Gasteiger partial charge in [-0.15, -0.1) is 22.7 Å². The Kier molecular flexibility index (Phi) is 6.16. The number of phenolic OH excluding ortho intramolecular Hbond substituents is 1. The summed E-state index contributed by atoms with van der Waals surface area (Å²) >= 11 is 3.19. The Hall–Kier alpha value is -3.14. The zero-order chi connectivity index (χ0) is 23.8. The molecule has 0 bridgehead atoms. The lowest BCUT2D eigenvalue weighted by molar-refractivity contribution is 0.471. The van der Waals surface area contributed by atoms with Crippen LogP contribution in [0.25, 0.3) is 43.2 Å². The third-order valence-electron chi connectivity index (χ3n) is 5.62. The van der Waals surface area contributed by atoms with Gasteiger partial charge in [0.1, 0.15) is 22.3 Å². The Morgan fingerprint density at radius 3 is 2.74 bits per heavy atom. The van der Waals surface area contributed by atoms with E-state index in [1.54, 1.807) is 39.6 Å². The first kappa shape index (κ1) is 22.6. The Morgan fingerprint density at radius 1 is 1.15 bits per heavy atom. The van der Waals surface area contributed by atoms with Gasteiger partial charge in [0.15, 0.2) is 0 Å². The quantitative estimate of drug-likeness (QED) is 0.322. The molecule has 0 atom stereocenters. The van der Waals surface area contributed by atoms with Gasteiger partial charge in [-0.1, -0.05) is 13.8 Å². The second-order valence-corrected chi connectivity index (χ2v) is 9.73. The number of nitrogens with zero attached hydrogens (tertiary/aromatic N) is 4. The van der Waals surface area contributed by atoms with Crippen molar-refractivity contribution in [3.05, 3.63) is 58.4 Å². The summed E-state index contributed by atoms with van der Waals surface area (Å²) < 4.78 is 16.5. The Labute approximate surface area is 204 Å². The van der Waals surface area contributed by atoms with Crippen LogP contribution in [0, 0.1) is 5.82 Å². The normalized spacial score (nSPS) is 12.9. The Bertz CT molecular complexity index is 1460. The minimum atomic E-state index is -0.481. The Morgan fingerprint density at radius 2 is 2.00 bits per heavy atom. The van der Waals surface area contributed by atoms with Gasteiger partial charge < -0.3 is 10.4 Å². The SMILES string of the molecule is CC.Cn1cc(-c2nc(-c3nc4c(s3)CNCC4)c(-c3ccc(F)cc3O)c3sccc23)cn1. The van der Waals surface area contributed by atoms with E-state index in [1.165, 1.54) is 10.9 Å². The third kappa shape index (κ3) is 3.89. The molecule has 174 valence electrons. The predicted octanol–water partition coefficient (Wildman–Crippen LogP) is 6.00. The lowest BCUT2D eigenvalue weighted by Gasteiger charge is -2.13. The molecule has 0 amide bonds. The van der Waals surface area contributed by atoms with E-state index in [0.29, 0.717) is 11.3 Å². The van der Waals surface area contributed by atoms with Crippen molar-refractivity contribution in [2.24, 2.45) is 7.05 Å². The number of thiophene rings is 1. The van der Waals surface area contributed by atoms with E-state index < -0.39 is 5.82 Å². The second-order valence-electron chi connectivity index (χ2n) is 7.73. The molecule has 0 unspecified atom stereocenters. The van der Waals surface area contributed by atoms with Gasteiger partial charge >= 0.3 is 0 Å². The number of benzene rings is 1.